The van der Waals surface area contributed by atoms with Crippen molar-refractivity contribution in [1.29, 1.82) is 0 Å². The van der Waals surface area contributed by atoms with E-state index in [1.807, 2.05) is 42.5 Å². The number of aromatic nitrogens is 1. The van der Waals surface area contributed by atoms with E-state index in [4.69, 9.17) is 13.8 Å². The van der Waals surface area contributed by atoms with Crippen molar-refractivity contribution in [2.75, 3.05) is 4.90 Å². The lowest BCUT2D eigenvalue weighted by Crippen LogP contribution is -2.09. The zero-order valence-corrected chi connectivity index (χ0v) is 29.7. The van der Waals surface area contributed by atoms with Crippen molar-refractivity contribution in [3.63, 3.8) is 0 Å². The molecule has 0 bridgehead atoms. The molecule has 0 aliphatic carbocycles. The second-order valence-electron chi connectivity index (χ2n) is 14.0. The highest BCUT2D eigenvalue weighted by Crippen LogP contribution is 2.41. The van der Waals surface area contributed by atoms with E-state index in [9.17, 15) is 0 Å². The highest BCUT2D eigenvalue weighted by atomic mass is 16.3. The highest BCUT2D eigenvalue weighted by molar-refractivity contribution is 6.18. The van der Waals surface area contributed by atoms with Crippen LogP contribution in [0, 0.1) is 0 Å². The van der Waals surface area contributed by atoms with Gasteiger partial charge in [-0.05, 0) is 111 Å². The minimum absolute atomic E-state index is 0.631. The maximum absolute atomic E-state index is 6.50. The van der Waals surface area contributed by atoms with Gasteiger partial charge in [0, 0.05) is 38.8 Å². The number of anilines is 3. The van der Waals surface area contributed by atoms with E-state index in [0.29, 0.717) is 5.89 Å². The molecule has 11 rings (SSSR count). The Kier molecular flexibility index (Phi) is 7.14. The summed E-state index contributed by atoms with van der Waals surface area (Å²) < 4.78 is 12.7. The third-order valence-electron chi connectivity index (χ3n) is 10.7. The summed E-state index contributed by atoms with van der Waals surface area (Å²) in [6, 6.07) is 68.2. The number of para-hydroxylation sites is 1. The van der Waals surface area contributed by atoms with E-state index in [2.05, 4.69) is 157 Å². The van der Waals surface area contributed by atoms with E-state index >= 15 is 0 Å². The molecule has 0 radical (unpaired) electrons. The number of hydrogen-bond donors (Lipinski definition) is 0. The number of hydrogen-bond acceptors (Lipinski definition) is 4. The SMILES string of the molecule is c1ccc(-c2ccc(N(c3ccc(-c4ccc5ccc6ccc7nc(-c8ccccc8)oc7c6c5c4)cc3)c3ccc4oc5ccccc5c4c3)cc2)cc1. The van der Waals surface area contributed by atoms with Gasteiger partial charge in [0.2, 0.25) is 5.89 Å². The number of rotatable bonds is 6. The maximum Gasteiger partial charge on any atom is 0.227 e. The van der Waals surface area contributed by atoms with Crippen LogP contribution < -0.4 is 4.90 Å². The molecule has 0 saturated carbocycles. The average Bonchev–Trinajstić information content (AvgIpc) is 3.87. The molecule has 4 heteroatoms. The molecule has 2 aromatic heterocycles. The summed E-state index contributed by atoms with van der Waals surface area (Å²) in [5, 5.41) is 6.70. The van der Waals surface area contributed by atoms with Crippen LogP contribution in [0.2, 0.25) is 0 Å². The van der Waals surface area contributed by atoms with Crippen LogP contribution in [0.5, 0.6) is 0 Å². The van der Waals surface area contributed by atoms with Crippen LogP contribution >= 0.6 is 0 Å². The fourth-order valence-corrected chi connectivity index (χ4v) is 7.94. The van der Waals surface area contributed by atoms with Gasteiger partial charge >= 0.3 is 0 Å². The van der Waals surface area contributed by atoms with Crippen LogP contribution in [-0.2, 0) is 0 Å². The van der Waals surface area contributed by atoms with Crippen LogP contribution in [0.3, 0.4) is 0 Å². The zero-order chi connectivity index (χ0) is 36.3. The molecule has 258 valence electrons. The average molecular weight is 705 g/mol. The van der Waals surface area contributed by atoms with E-state index in [-0.39, 0.29) is 0 Å². The second-order valence-corrected chi connectivity index (χ2v) is 14.0. The van der Waals surface area contributed by atoms with Crippen molar-refractivity contribution in [3.8, 4) is 33.7 Å². The number of fused-ring (bicyclic) bond motifs is 8. The summed E-state index contributed by atoms with van der Waals surface area (Å²) in [4.78, 5) is 7.19. The molecule has 0 spiro atoms. The molecule has 0 unspecified atom stereocenters. The quantitative estimate of drug-likeness (QED) is 0.162. The highest BCUT2D eigenvalue weighted by Gasteiger charge is 2.17. The Morgan fingerprint density at radius 2 is 0.927 bits per heavy atom. The van der Waals surface area contributed by atoms with Gasteiger partial charge in [0.05, 0.1) is 0 Å². The van der Waals surface area contributed by atoms with Gasteiger partial charge in [-0.15, -0.1) is 0 Å². The third kappa shape index (κ3) is 5.34. The first-order chi connectivity index (χ1) is 27.2. The smallest absolute Gasteiger partial charge is 0.227 e. The van der Waals surface area contributed by atoms with Gasteiger partial charge in [-0.2, -0.15) is 0 Å². The van der Waals surface area contributed by atoms with Crippen LogP contribution in [0.25, 0.3) is 88.3 Å². The number of benzene rings is 9. The molecule has 0 saturated heterocycles. The van der Waals surface area contributed by atoms with Gasteiger partial charge in [0.25, 0.3) is 0 Å². The minimum atomic E-state index is 0.631. The van der Waals surface area contributed by atoms with Crippen molar-refractivity contribution in [2.24, 2.45) is 0 Å². The maximum atomic E-state index is 6.50. The van der Waals surface area contributed by atoms with Crippen molar-refractivity contribution < 1.29 is 8.83 Å². The Morgan fingerprint density at radius 3 is 1.69 bits per heavy atom. The minimum Gasteiger partial charge on any atom is -0.456 e. The predicted molar refractivity (Wildman–Crippen MR) is 227 cm³/mol. The number of oxazole rings is 1. The molecule has 55 heavy (non-hydrogen) atoms. The summed E-state index contributed by atoms with van der Waals surface area (Å²) in [5.74, 6) is 0.631. The Hall–Kier alpha value is -7.43. The molecular formula is C51H32N2O2. The Morgan fingerprint density at radius 1 is 0.364 bits per heavy atom. The van der Waals surface area contributed by atoms with Crippen molar-refractivity contribution in [2.45, 2.75) is 0 Å². The zero-order valence-electron chi connectivity index (χ0n) is 29.7. The molecule has 2 heterocycles. The molecule has 0 amide bonds. The van der Waals surface area contributed by atoms with Crippen molar-refractivity contribution in [1.82, 2.24) is 4.98 Å². The summed E-state index contributed by atoms with van der Waals surface area (Å²) in [7, 11) is 0. The molecular weight excluding hydrogens is 673 g/mol. The van der Waals surface area contributed by atoms with Gasteiger partial charge < -0.3 is 13.7 Å². The Balaban J connectivity index is 1.02. The van der Waals surface area contributed by atoms with Crippen LogP contribution in [0.4, 0.5) is 17.1 Å². The lowest BCUT2D eigenvalue weighted by atomic mass is 9.96. The fourth-order valence-electron chi connectivity index (χ4n) is 7.94. The van der Waals surface area contributed by atoms with Crippen LogP contribution in [-0.4, -0.2) is 4.98 Å². The summed E-state index contributed by atoms with van der Waals surface area (Å²) in [6.07, 6.45) is 0. The number of nitrogens with zero attached hydrogens (tertiary/aromatic N) is 2. The first kappa shape index (κ1) is 31.1. The first-order valence-electron chi connectivity index (χ1n) is 18.5. The second kappa shape index (κ2) is 12.6. The van der Waals surface area contributed by atoms with Crippen molar-refractivity contribution >= 4 is 71.6 Å². The van der Waals surface area contributed by atoms with Gasteiger partial charge in [-0.3, -0.25) is 0 Å². The normalized spacial score (nSPS) is 11.6. The lowest BCUT2D eigenvalue weighted by Gasteiger charge is -2.26. The molecule has 0 fully saturated rings. The summed E-state index contributed by atoms with van der Waals surface area (Å²) >= 11 is 0. The monoisotopic (exact) mass is 704 g/mol. The Labute approximate surface area is 317 Å². The predicted octanol–water partition coefficient (Wildman–Crippen LogP) is 14.5. The lowest BCUT2D eigenvalue weighted by molar-refractivity contribution is 0.623. The van der Waals surface area contributed by atoms with Crippen LogP contribution in [0.15, 0.2) is 203 Å². The number of furan rings is 1. The largest absolute Gasteiger partial charge is 0.456 e. The first-order valence-corrected chi connectivity index (χ1v) is 18.5. The summed E-state index contributed by atoms with van der Waals surface area (Å²) in [6.45, 7) is 0. The van der Waals surface area contributed by atoms with E-state index < -0.39 is 0 Å². The van der Waals surface area contributed by atoms with Gasteiger partial charge in [0.15, 0.2) is 5.58 Å². The summed E-state index contributed by atoms with van der Waals surface area (Å²) in [5.41, 5.74) is 12.2. The van der Waals surface area contributed by atoms with E-state index in [1.54, 1.807) is 0 Å². The standard InChI is InChI=1S/C51H32N2O2/c1-3-9-33(10-4-1)34-19-24-40(25-20-34)53(42-28-30-48-45(32-42)43-13-7-8-14-47(43)54-48)41-26-21-35(22-27-41)39-18-16-36-15-17-37-23-29-46-50(49(37)44(36)31-39)55-51(52-46)38-11-5-2-6-12-38/h1-32H. The Bertz CT molecular complexity index is 3180. The molecule has 0 aliphatic heterocycles. The molecule has 4 nitrogen and oxygen atoms in total. The molecule has 9 aromatic carbocycles. The van der Waals surface area contributed by atoms with E-state index in [0.717, 1.165) is 88.3 Å². The van der Waals surface area contributed by atoms with Gasteiger partial charge in [-0.1, -0.05) is 121 Å². The van der Waals surface area contributed by atoms with Crippen LogP contribution in [0.1, 0.15) is 0 Å². The third-order valence-corrected chi connectivity index (χ3v) is 10.7. The molecule has 0 N–H and O–H groups in total. The fraction of sp³-hybridized carbons (Fsp3) is 0. The molecule has 11 aromatic rings. The van der Waals surface area contributed by atoms with Gasteiger partial charge in [-0.25, -0.2) is 4.98 Å². The molecule has 0 atom stereocenters. The molecule has 0 aliphatic rings. The van der Waals surface area contributed by atoms with Gasteiger partial charge in [0.1, 0.15) is 16.7 Å². The van der Waals surface area contributed by atoms with Crippen molar-refractivity contribution in [3.05, 3.63) is 194 Å². The topological polar surface area (TPSA) is 42.4 Å². The van der Waals surface area contributed by atoms with E-state index in [1.165, 1.54) is 11.1 Å².